The SMILES string of the molecule is CC(NC(=O)CSc1nnc(-c2ccco2)n1-c1ccccc1)c1ccc2ccccc2c1. The van der Waals surface area contributed by atoms with Crippen molar-refractivity contribution in [3.05, 3.63) is 96.8 Å². The van der Waals surface area contributed by atoms with Gasteiger partial charge in [0.25, 0.3) is 0 Å². The molecule has 5 rings (SSSR count). The lowest BCUT2D eigenvalue weighted by Gasteiger charge is -2.15. The Kier molecular flexibility index (Phi) is 5.95. The molecule has 0 aliphatic heterocycles. The van der Waals surface area contributed by atoms with Crippen LogP contribution in [0.5, 0.6) is 0 Å². The molecule has 0 aliphatic rings. The number of thioether (sulfide) groups is 1. The van der Waals surface area contributed by atoms with Gasteiger partial charge in [0.2, 0.25) is 11.7 Å². The predicted molar refractivity (Wildman–Crippen MR) is 130 cm³/mol. The van der Waals surface area contributed by atoms with Crippen molar-refractivity contribution in [2.75, 3.05) is 5.75 Å². The zero-order valence-corrected chi connectivity index (χ0v) is 18.8. The van der Waals surface area contributed by atoms with Gasteiger partial charge >= 0.3 is 0 Å². The molecule has 3 aromatic carbocycles. The van der Waals surface area contributed by atoms with E-state index in [1.54, 1.807) is 6.26 Å². The van der Waals surface area contributed by atoms with Crippen LogP contribution in [0.4, 0.5) is 0 Å². The average Bonchev–Trinajstić information content (AvgIpc) is 3.53. The topological polar surface area (TPSA) is 73.0 Å². The van der Waals surface area contributed by atoms with E-state index in [1.807, 2.05) is 66.1 Å². The monoisotopic (exact) mass is 454 g/mol. The van der Waals surface area contributed by atoms with Crippen LogP contribution in [0.1, 0.15) is 18.5 Å². The van der Waals surface area contributed by atoms with Crippen LogP contribution in [0.25, 0.3) is 28.0 Å². The summed E-state index contributed by atoms with van der Waals surface area (Å²) in [6.07, 6.45) is 1.60. The standard InChI is InChI=1S/C26H22N4O2S/c1-18(20-14-13-19-8-5-6-9-21(19)16-20)27-24(31)17-33-26-29-28-25(23-12-7-15-32-23)30(26)22-10-3-2-4-11-22/h2-16,18H,17H2,1H3,(H,27,31). The number of nitrogens with one attached hydrogen (secondary N) is 1. The number of carbonyl (C=O) groups excluding carboxylic acids is 1. The highest BCUT2D eigenvalue weighted by molar-refractivity contribution is 7.99. The van der Waals surface area contributed by atoms with Crippen molar-refractivity contribution in [1.29, 1.82) is 0 Å². The first-order valence-electron chi connectivity index (χ1n) is 10.6. The Hall–Kier alpha value is -3.84. The van der Waals surface area contributed by atoms with Crippen molar-refractivity contribution in [3.63, 3.8) is 0 Å². The van der Waals surface area contributed by atoms with Gasteiger partial charge in [-0.1, -0.05) is 66.4 Å². The van der Waals surface area contributed by atoms with Crippen molar-refractivity contribution in [3.8, 4) is 17.3 Å². The van der Waals surface area contributed by atoms with E-state index in [2.05, 4.69) is 45.8 Å². The maximum absolute atomic E-state index is 12.7. The quantitative estimate of drug-likeness (QED) is 0.322. The van der Waals surface area contributed by atoms with Gasteiger partial charge in [-0.25, -0.2) is 0 Å². The van der Waals surface area contributed by atoms with Crippen molar-refractivity contribution in [2.45, 2.75) is 18.1 Å². The smallest absolute Gasteiger partial charge is 0.230 e. The molecule has 0 saturated carbocycles. The summed E-state index contributed by atoms with van der Waals surface area (Å²) >= 11 is 1.34. The number of para-hydroxylation sites is 1. The minimum atomic E-state index is -0.103. The van der Waals surface area contributed by atoms with E-state index in [4.69, 9.17) is 4.42 Å². The van der Waals surface area contributed by atoms with Crippen LogP contribution in [0.15, 0.2) is 101 Å². The summed E-state index contributed by atoms with van der Waals surface area (Å²) in [5.74, 6) is 1.37. The zero-order valence-electron chi connectivity index (χ0n) is 18.0. The number of aromatic nitrogens is 3. The van der Waals surface area contributed by atoms with Gasteiger partial charge in [0, 0.05) is 5.69 Å². The summed E-state index contributed by atoms with van der Waals surface area (Å²) in [5, 5.41) is 14.7. The second-order valence-electron chi connectivity index (χ2n) is 7.64. The molecule has 0 spiro atoms. The summed E-state index contributed by atoms with van der Waals surface area (Å²) in [5.41, 5.74) is 1.97. The first kappa shape index (κ1) is 21.0. The fourth-order valence-corrected chi connectivity index (χ4v) is 4.48. The molecule has 0 saturated heterocycles. The van der Waals surface area contributed by atoms with Crippen LogP contribution in [0, 0.1) is 0 Å². The number of amides is 1. The number of benzene rings is 3. The van der Waals surface area contributed by atoms with Crippen molar-refractivity contribution in [1.82, 2.24) is 20.1 Å². The molecule has 1 N–H and O–H groups in total. The van der Waals surface area contributed by atoms with E-state index >= 15 is 0 Å². The lowest BCUT2D eigenvalue weighted by molar-refractivity contribution is -0.119. The van der Waals surface area contributed by atoms with Gasteiger partial charge in [-0.2, -0.15) is 0 Å². The number of nitrogens with zero attached hydrogens (tertiary/aromatic N) is 3. The Balaban J connectivity index is 1.31. The van der Waals surface area contributed by atoms with Crippen molar-refractivity contribution in [2.24, 2.45) is 0 Å². The van der Waals surface area contributed by atoms with Gasteiger partial charge in [-0.05, 0) is 53.6 Å². The molecule has 2 heterocycles. The average molecular weight is 455 g/mol. The lowest BCUT2D eigenvalue weighted by atomic mass is 10.0. The molecule has 164 valence electrons. The summed E-state index contributed by atoms with van der Waals surface area (Å²) in [6, 6.07) is 27.8. The lowest BCUT2D eigenvalue weighted by Crippen LogP contribution is -2.28. The van der Waals surface area contributed by atoms with Gasteiger partial charge in [-0.15, -0.1) is 10.2 Å². The van der Waals surface area contributed by atoms with E-state index in [0.717, 1.165) is 16.6 Å². The first-order valence-corrected chi connectivity index (χ1v) is 11.6. The third-order valence-electron chi connectivity index (χ3n) is 5.37. The molecular weight excluding hydrogens is 432 g/mol. The molecule has 5 aromatic rings. The minimum Gasteiger partial charge on any atom is -0.461 e. The number of hydrogen-bond donors (Lipinski definition) is 1. The molecule has 1 amide bonds. The predicted octanol–water partition coefficient (Wildman–Crippen LogP) is 5.65. The van der Waals surface area contributed by atoms with Gasteiger partial charge in [-0.3, -0.25) is 9.36 Å². The van der Waals surface area contributed by atoms with E-state index in [9.17, 15) is 4.79 Å². The highest BCUT2D eigenvalue weighted by Crippen LogP contribution is 2.28. The molecule has 0 radical (unpaired) electrons. The Morgan fingerprint density at radius 1 is 0.970 bits per heavy atom. The molecule has 1 unspecified atom stereocenters. The second-order valence-corrected chi connectivity index (χ2v) is 8.58. The molecular formula is C26H22N4O2S. The largest absolute Gasteiger partial charge is 0.461 e. The maximum atomic E-state index is 12.7. The van der Waals surface area contributed by atoms with Crippen LogP contribution in [-0.4, -0.2) is 26.4 Å². The highest BCUT2D eigenvalue weighted by atomic mass is 32.2. The molecule has 0 aliphatic carbocycles. The molecule has 2 aromatic heterocycles. The number of furan rings is 1. The first-order chi connectivity index (χ1) is 16.2. The number of rotatable bonds is 7. The van der Waals surface area contributed by atoms with Crippen LogP contribution in [0.2, 0.25) is 0 Å². The third-order valence-corrected chi connectivity index (χ3v) is 6.30. The van der Waals surface area contributed by atoms with Crippen LogP contribution >= 0.6 is 11.8 Å². The molecule has 1 atom stereocenters. The van der Waals surface area contributed by atoms with Crippen LogP contribution < -0.4 is 5.32 Å². The molecule has 33 heavy (non-hydrogen) atoms. The highest BCUT2D eigenvalue weighted by Gasteiger charge is 2.19. The number of fused-ring (bicyclic) bond motifs is 1. The molecule has 6 nitrogen and oxygen atoms in total. The van der Waals surface area contributed by atoms with Crippen LogP contribution in [0.3, 0.4) is 0 Å². The van der Waals surface area contributed by atoms with Gasteiger partial charge in [0.15, 0.2) is 10.9 Å². The van der Waals surface area contributed by atoms with Crippen molar-refractivity contribution < 1.29 is 9.21 Å². The Morgan fingerprint density at radius 3 is 2.55 bits per heavy atom. The summed E-state index contributed by atoms with van der Waals surface area (Å²) in [6.45, 7) is 1.99. The molecule has 0 fully saturated rings. The second kappa shape index (κ2) is 9.34. The maximum Gasteiger partial charge on any atom is 0.230 e. The zero-order chi connectivity index (χ0) is 22.6. The van der Waals surface area contributed by atoms with E-state index < -0.39 is 0 Å². The number of carbonyl (C=O) groups is 1. The van der Waals surface area contributed by atoms with Gasteiger partial charge in [0.1, 0.15) is 0 Å². The summed E-state index contributed by atoms with van der Waals surface area (Å²) in [4.78, 5) is 12.7. The fraction of sp³-hybridized carbons (Fsp3) is 0.115. The normalized spacial score (nSPS) is 12.0. The number of hydrogen-bond acceptors (Lipinski definition) is 5. The van der Waals surface area contributed by atoms with Gasteiger partial charge < -0.3 is 9.73 Å². The molecule has 0 bridgehead atoms. The van der Waals surface area contributed by atoms with Gasteiger partial charge in [0.05, 0.1) is 18.1 Å². The Labute approximate surface area is 195 Å². The van der Waals surface area contributed by atoms with E-state index in [0.29, 0.717) is 16.7 Å². The van der Waals surface area contributed by atoms with Crippen LogP contribution in [-0.2, 0) is 4.79 Å². The summed E-state index contributed by atoms with van der Waals surface area (Å²) in [7, 11) is 0. The Morgan fingerprint density at radius 2 is 1.76 bits per heavy atom. The van der Waals surface area contributed by atoms with E-state index in [1.165, 1.54) is 17.1 Å². The minimum absolute atomic E-state index is 0.0668. The summed E-state index contributed by atoms with van der Waals surface area (Å²) < 4.78 is 7.45. The third kappa shape index (κ3) is 4.54. The Bertz CT molecular complexity index is 1380. The van der Waals surface area contributed by atoms with Crippen molar-refractivity contribution >= 4 is 28.4 Å². The van der Waals surface area contributed by atoms with E-state index in [-0.39, 0.29) is 17.7 Å². The fourth-order valence-electron chi connectivity index (χ4n) is 3.71. The molecule has 7 heteroatoms.